The molecule has 0 radical (unpaired) electrons. The molecule has 0 fully saturated rings. The molecule has 6 heteroatoms. The Bertz CT molecular complexity index is 647. The lowest BCUT2D eigenvalue weighted by Crippen LogP contribution is -2.04. The SMILES string of the molecule is Cn1c(C#N)c(CN)c2cc(C(F)(F)F)ccc21. The monoisotopic (exact) mass is 253 g/mol. The molecule has 1 aromatic carbocycles. The molecule has 94 valence electrons. The molecule has 0 saturated heterocycles. The molecule has 0 unspecified atom stereocenters. The van der Waals surface area contributed by atoms with E-state index >= 15 is 0 Å². The topological polar surface area (TPSA) is 54.7 Å². The van der Waals surface area contributed by atoms with Crippen molar-refractivity contribution in [2.24, 2.45) is 12.8 Å². The van der Waals surface area contributed by atoms with Crippen molar-refractivity contribution in [1.29, 1.82) is 5.26 Å². The third-order valence-corrected chi connectivity index (χ3v) is 2.94. The van der Waals surface area contributed by atoms with Crippen molar-refractivity contribution in [2.45, 2.75) is 12.7 Å². The maximum absolute atomic E-state index is 12.6. The Kier molecular flexibility index (Phi) is 2.79. The molecule has 0 atom stereocenters. The fraction of sp³-hybridized carbons (Fsp3) is 0.250. The van der Waals surface area contributed by atoms with Crippen LogP contribution >= 0.6 is 0 Å². The average Bonchev–Trinajstić information content (AvgIpc) is 2.60. The minimum atomic E-state index is -4.40. The molecule has 1 heterocycles. The van der Waals surface area contributed by atoms with Crippen LogP contribution in [0.15, 0.2) is 18.2 Å². The number of hydrogen-bond acceptors (Lipinski definition) is 2. The Labute approximate surface area is 101 Å². The highest BCUT2D eigenvalue weighted by Gasteiger charge is 2.31. The summed E-state index contributed by atoms with van der Waals surface area (Å²) < 4.78 is 39.5. The summed E-state index contributed by atoms with van der Waals surface area (Å²) in [7, 11) is 1.63. The highest BCUT2D eigenvalue weighted by Crippen LogP contribution is 2.33. The molecule has 0 bridgehead atoms. The van der Waals surface area contributed by atoms with Crippen LogP contribution in [0, 0.1) is 11.3 Å². The number of rotatable bonds is 1. The van der Waals surface area contributed by atoms with Crippen LogP contribution in [-0.4, -0.2) is 4.57 Å². The molecular formula is C12H10F3N3. The van der Waals surface area contributed by atoms with E-state index in [1.807, 2.05) is 6.07 Å². The van der Waals surface area contributed by atoms with Crippen LogP contribution < -0.4 is 5.73 Å². The minimum absolute atomic E-state index is 0.0293. The second kappa shape index (κ2) is 4.03. The first-order chi connectivity index (χ1) is 8.40. The molecule has 0 aliphatic rings. The number of nitriles is 1. The van der Waals surface area contributed by atoms with Gasteiger partial charge in [0, 0.05) is 30.1 Å². The molecule has 0 spiro atoms. The van der Waals surface area contributed by atoms with Gasteiger partial charge in [-0.2, -0.15) is 18.4 Å². The first-order valence-electron chi connectivity index (χ1n) is 5.18. The van der Waals surface area contributed by atoms with Crippen LogP contribution in [0.4, 0.5) is 13.2 Å². The average molecular weight is 253 g/mol. The number of halogens is 3. The summed E-state index contributed by atoms with van der Waals surface area (Å²) in [6.45, 7) is 0.0293. The number of hydrogen-bond donors (Lipinski definition) is 1. The van der Waals surface area contributed by atoms with Crippen LogP contribution in [0.3, 0.4) is 0 Å². The van der Waals surface area contributed by atoms with Crippen LogP contribution in [-0.2, 0) is 19.8 Å². The summed E-state index contributed by atoms with van der Waals surface area (Å²) in [5, 5.41) is 9.39. The second-order valence-corrected chi connectivity index (χ2v) is 3.93. The maximum atomic E-state index is 12.6. The zero-order valence-electron chi connectivity index (χ0n) is 9.54. The first kappa shape index (κ1) is 12.5. The molecule has 1 aromatic heterocycles. The molecule has 3 nitrogen and oxygen atoms in total. The van der Waals surface area contributed by atoms with Crippen LogP contribution in [0.25, 0.3) is 10.9 Å². The van der Waals surface area contributed by atoms with E-state index in [2.05, 4.69) is 0 Å². The van der Waals surface area contributed by atoms with Gasteiger partial charge in [-0.15, -0.1) is 0 Å². The molecule has 2 aromatic rings. The molecule has 0 saturated carbocycles. The van der Waals surface area contributed by atoms with Gasteiger partial charge in [-0.05, 0) is 18.2 Å². The van der Waals surface area contributed by atoms with Crippen molar-refractivity contribution >= 4 is 10.9 Å². The number of aryl methyl sites for hydroxylation is 1. The third kappa shape index (κ3) is 1.73. The van der Waals surface area contributed by atoms with Gasteiger partial charge >= 0.3 is 6.18 Å². The summed E-state index contributed by atoms with van der Waals surface area (Å²) in [6.07, 6.45) is -4.40. The quantitative estimate of drug-likeness (QED) is 0.849. The number of nitrogens with two attached hydrogens (primary N) is 1. The summed E-state index contributed by atoms with van der Waals surface area (Å²) in [6, 6.07) is 5.37. The summed E-state index contributed by atoms with van der Waals surface area (Å²) in [4.78, 5) is 0. The van der Waals surface area contributed by atoms with E-state index in [9.17, 15) is 13.2 Å². The van der Waals surface area contributed by atoms with Gasteiger partial charge in [0.15, 0.2) is 0 Å². The highest BCUT2D eigenvalue weighted by molar-refractivity contribution is 5.87. The van der Waals surface area contributed by atoms with Gasteiger partial charge in [0.05, 0.1) is 5.56 Å². The highest BCUT2D eigenvalue weighted by atomic mass is 19.4. The maximum Gasteiger partial charge on any atom is 0.416 e. The van der Waals surface area contributed by atoms with Gasteiger partial charge in [0.25, 0.3) is 0 Å². The van der Waals surface area contributed by atoms with Crippen LogP contribution in [0.2, 0.25) is 0 Å². The van der Waals surface area contributed by atoms with E-state index in [-0.39, 0.29) is 6.54 Å². The Morgan fingerprint density at radius 3 is 2.56 bits per heavy atom. The third-order valence-electron chi connectivity index (χ3n) is 2.94. The molecular weight excluding hydrogens is 243 g/mol. The first-order valence-corrected chi connectivity index (χ1v) is 5.18. The Morgan fingerprint density at radius 2 is 2.06 bits per heavy atom. The number of alkyl halides is 3. The lowest BCUT2D eigenvalue weighted by atomic mass is 10.1. The van der Waals surface area contributed by atoms with E-state index in [1.165, 1.54) is 6.07 Å². The van der Waals surface area contributed by atoms with Gasteiger partial charge < -0.3 is 10.3 Å². The number of benzene rings is 1. The molecule has 0 aliphatic heterocycles. The minimum Gasteiger partial charge on any atom is -0.335 e. The van der Waals surface area contributed by atoms with Crippen LogP contribution in [0.1, 0.15) is 16.8 Å². The summed E-state index contributed by atoms with van der Waals surface area (Å²) in [5.74, 6) is 0. The van der Waals surface area contributed by atoms with Gasteiger partial charge in [-0.25, -0.2) is 0 Å². The van der Waals surface area contributed by atoms with Crippen molar-refractivity contribution in [3.63, 3.8) is 0 Å². The van der Waals surface area contributed by atoms with E-state index in [1.54, 1.807) is 11.6 Å². The van der Waals surface area contributed by atoms with Gasteiger partial charge in [0.1, 0.15) is 11.8 Å². The lowest BCUT2D eigenvalue weighted by Gasteiger charge is -2.06. The predicted octanol–water partition coefficient (Wildman–Crippen LogP) is 2.53. The van der Waals surface area contributed by atoms with Crippen molar-refractivity contribution < 1.29 is 13.2 Å². The smallest absolute Gasteiger partial charge is 0.335 e. The predicted molar refractivity (Wildman–Crippen MR) is 60.5 cm³/mol. The Hall–Kier alpha value is -2.00. The fourth-order valence-corrected chi connectivity index (χ4v) is 2.05. The standard InChI is InChI=1S/C12H10F3N3/c1-18-10-3-2-7(12(13,14)15)4-8(10)9(5-16)11(18)6-17/h2-4H,5,16H2,1H3. The Morgan fingerprint density at radius 1 is 1.39 bits per heavy atom. The van der Waals surface area contributed by atoms with E-state index in [0.717, 1.165) is 12.1 Å². The van der Waals surface area contributed by atoms with E-state index in [4.69, 9.17) is 11.0 Å². The van der Waals surface area contributed by atoms with Gasteiger partial charge in [-0.3, -0.25) is 0 Å². The largest absolute Gasteiger partial charge is 0.416 e. The lowest BCUT2D eigenvalue weighted by molar-refractivity contribution is -0.137. The number of nitrogens with zero attached hydrogens (tertiary/aromatic N) is 2. The number of aromatic nitrogens is 1. The molecule has 0 amide bonds. The molecule has 2 rings (SSSR count). The zero-order chi connectivity index (χ0) is 13.5. The Balaban J connectivity index is 2.82. The molecule has 2 N–H and O–H groups in total. The fourth-order valence-electron chi connectivity index (χ4n) is 2.05. The summed E-state index contributed by atoms with van der Waals surface area (Å²) in [5.41, 5.74) is 6.10. The van der Waals surface area contributed by atoms with Crippen molar-refractivity contribution in [2.75, 3.05) is 0 Å². The van der Waals surface area contributed by atoms with E-state index in [0.29, 0.717) is 22.2 Å². The van der Waals surface area contributed by atoms with Gasteiger partial charge in [0.2, 0.25) is 0 Å². The van der Waals surface area contributed by atoms with Crippen molar-refractivity contribution in [1.82, 2.24) is 4.57 Å². The summed E-state index contributed by atoms with van der Waals surface area (Å²) >= 11 is 0. The molecule has 18 heavy (non-hydrogen) atoms. The molecule has 0 aliphatic carbocycles. The number of fused-ring (bicyclic) bond motifs is 1. The second-order valence-electron chi connectivity index (χ2n) is 3.93. The zero-order valence-corrected chi connectivity index (χ0v) is 9.54. The van der Waals surface area contributed by atoms with Crippen LogP contribution in [0.5, 0.6) is 0 Å². The van der Waals surface area contributed by atoms with E-state index < -0.39 is 11.7 Å². The normalized spacial score (nSPS) is 11.8. The van der Waals surface area contributed by atoms with Crippen molar-refractivity contribution in [3.05, 3.63) is 35.0 Å². The van der Waals surface area contributed by atoms with Gasteiger partial charge in [-0.1, -0.05) is 0 Å². The van der Waals surface area contributed by atoms with Crippen molar-refractivity contribution in [3.8, 4) is 6.07 Å².